The van der Waals surface area contributed by atoms with E-state index in [4.69, 9.17) is 0 Å². The lowest BCUT2D eigenvalue weighted by Gasteiger charge is -2.31. The molecular weight excluding hydrogens is 266 g/mol. The van der Waals surface area contributed by atoms with Crippen molar-refractivity contribution in [2.24, 2.45) is 7.05 Å². The van der Waals surface area contributed by atoms with E-state index in [9.17, 15) is 9.59 Å². The van der Waals surface area contributed by atoms with Crippen LogP contribution in [0.2, 0.25) is 0 Å². The minimum atomic E-state index is 0.0916. The van der Waals surface area contributed by atoms with Crippen LogP contribution < -0.4 is 0 Å². The third-order valence-corrected chi connectivity index (χ3v) is 4.65. The van der Waals surface area contributed by atoms with Crippen molar-refractivity contribution in [3.05, 3.63) is 24.0 Å². The van der Waals surface area contributed by atoms with Gasteiger partial charge in [0.15, 0.2) is 0 Å². The molecule has 0 aliphatic carbocycles. The van der Waals surface area contributed by atoms with E-state index in [2.05, 4.69) is 10.6 Å². The van der Waals surface area contributed by atoms with Crippen LogP contribution in [-0.2, 0) is 16.6 Å². The highest BCUT2D eigenvalue weighted by Gasteiger charge is 2.32. The smallest absolute Gasteiger partial charge is 0.242 e. The molecule has 5 heteroatoms. The molecule has 0 saturated carbocycles. The molecule has 3 heterocycles. The summed E-state index contributed by atoms with van der Waals surface area (Å²) in [5, 5.41) is 0. The Morgan fingerprint density at radius 1 is 1.29 bits per heavy atom. The van der Waals surface area contributed by atoms with Gasteiger partial charge in [-0.1, -0.05) is 0 Å². The van der Waals surface area contributed by atoms with Gasteiger partial charge >= 0.3 is 0 Å². The molecular formula is C16H23N3O2. The lowest BCUT2D eigenvalue weighted by molar-refractivity contribution is -0.142. The second-order valence-corrected chi connectivity index (χ2v) is 6.06. The molecule has 114 valence electrons. The van der Waals surface area contributed by atoms with Gasteiger partial charge in [-0.2, -0.15) is 0 Å². The quantitative estimate of drug-likeness (QED) is 0.850. The third-order valence-electron chi connectivity index (χ3n) is 4.65. The Hall–Kier alpha value is -1.78. The van der Waals surface area contributed by atoms with Crippen LogP contribution in [-0.4, -0.2) is 45.8 Å². The summed E-state index contributed by atoms with van der Waals surface area (Å²) >= 11 is 0. The molecule has 1 aromatic heterocycles. The van der Waals surface area contributed by atoms with Crippen molar-refractivity contribution in [3.63, 3.8) is 0 Å². The first kappa shape index (κ1) is 14.2. The molecule has 0 aromatic carbocycles. The maximum Gasteiger partial charge on any atom is 0.242 e. The maximum atomic E-state index is 12.6. The van der Waals surface area contributed by atoms with Crippen LogP contribution in [0.1, 0.15) is 43.8 Å². The number of aromatic nitrogens is 1. The molecule has 0 N–H and O–H groups in total. The summed E-state index contributed by atoms with van der Waals surface area (Å²) in [7, 11) is 2.02. The molecule has 1 atom stereocenters. The predicted molar refractivity (Wildman–Crippen MR) is 79.5 cm³/mol. The molecule has 2 aliphatic heterocycles. The van der Waals surface area contributed by atoms with Crippen LogP contribution in [0.4, 0.5) is 0 Å². The van der Waals surface area contributed by atoms with E-state index in [0.717, 1.165) is 38.8 Å². The van der Waals surface area contributed by atoms with Crippen molar-refractivity contribution < 1.29 is 9.59 Å². The van der Waals surface area contributed by atoms with E-state index < -0.39 is 0 Å². The number of rotatable bonds is 3. The van der Waals surface area contributed by atoms with Gasteiger partial charge in [-0.15, -0.1) is 0 Å². The van der Waals surface area contributed by atoms with Crippen LogP contribution in [0.15, 0.2) is 18.3 Å². The second kappa shape index (κ2) is 5.92. The van der Waals surface area contributed by atoms with E-state index in [0.29, 0.717) is 6.42 Å². The summed E-state index contributed by atoms with van der Waals surface area (Å²) in [6.45, 7) is 1.78. The first-order chi connectivity index (χ1) is 10.2. The molecule has 2 aliphatic rings. The summed E-state index contributed by atoms with van der Waals surface area (Å²) in [6, 6.07) is 4.27. The van der Waals surface area contributed by atoms with Gasteiger partial charge in [0, 0.05) is 38.4 Å². The summed E-state index contributed by atoms with van der Waals surface area (Å²) < 4.78 is 2.09. The zero-order valence-electron chi connectivity index (χ0n) is 12.6. The lowest BCUT2D eigenvalue weighted by atomic mass is 10.1. The fourth-order valence-corrected chi connectivity index (χ4v) is 3.48. The number of likely N-dealkylation sites (tertiary alicyclic amines) is 2. The number of nitrogens with zero attached hydrogens (tertiary/aromatic N) is 3. The molecule has 2 saturated heterocycles. The van der Waals surface area contributed by atoms with Gasteiger partial charge in [0.2, 0.25) is 11.8 Å². The van der Waals surface area contributed by atoms with Gasteiger partial charge < -0.3 is 14.4 Å². The molecule has 0 spiro atoms. The van der Waals surface area contributed by atoms with Crippen molar-refractivity contribution in [1.29, 1.82) is 0 Å². The van der Waals surface area contributed by atoms with E-state index in [-0.39, 0.29) is 24.4 Å². The standard InChI is InChI=1S/C16H23N3O2/c1-17-9-4-6-13(17)14-7-5-11-19(14)16(21)12-18-10-3-2-8-15(18)20/h4,6,9,14H,2-3,5,7-8,10-12H2,1H3. The molecule has 1 unspecified atom stereocenters. The Balaban J connectivity index is 1.68. The molecule has 0 radical (unpaired) electrons. The zero-order chi connectivity index (χ0) is 14.8. The fourth-order valence-electron chi connectivity index (χ4n) is 3.48. The van der Waals surface area contributed by atoms with Crippen molar-refractivity contribution in [2.75, 3.05) is 19.6 Å². The highest BCUT2D eigenvalue weighted by molar-refractivity contribution is 5.85. The topological polar surface area (TPSA) is 45.6 Å². The van der Waals surface area contributed by atoms with Gasteiger partial charge in [0.1, 0.15) is 0 Å². The Kier molecular flexibility index (Phi) is 3.99. The Morgan fingerprint density at radius 3 is 2.86 bits per heavy atom. The molecule has 21 heavy (non-hydrogen) atoms. The number of aryl methyl sites for hydroxylation is 1. The van der Waals surface area contributed by atoms with Crippen molar-refractivity contribution in [3.8, 4) is 0 Å². The number of hydrogen-bond donors (Lipinski definition) is 0. The SMILES string of the molecule is Cn1cccc1C1CCCN1C(=O)CN1CCCCC1=O. The normalized spacial score (nSPS) is 22.9. The van der Waals surface area contributed by atoms with E-state index in [1.165, 1.54) is 5.69 Å². The van der Waals surface area contributed by atoms with Crippen molar-refractivity contribution in [2.45, 2.75) is 38.1 Å². The fraction of sp³-hybridized carbons (Fsp3) is 0.625. The van der Waals surface area contributed by atoms with Crippen LogP contribution in [0, 0.1) is 0 Å². The second-order valence-electron chi connectivity index (χ2n) is 6.06. The summed E-state index contributed by atoms with van der Waals surface area (Å²) in [6.07, 6.45) is 6.63. The first-order valence-electron chi connectivity index (χ1n) is 7.85. The molecule has 0 bridgehead atoms. The summed E-state index contributed by atoms with van der Waals surface area (Å²) in [4.78, 5) is 28.1. The van der Waals surface area contributed by atoms with Gasteiger partial charge in [0.05, 0.1) is 12.6 Å². The lowest BCUT2D eigenvalue weighted by Crippen LogP contribution is -2.44. The third kappa shape index (κ3) is 2.82. The van der Waals surface area contributed by atoms with Gasteiger partial charge in [0.25, 0.3) is 0 Å². The van der Waals surface area contributed by atoms with E-state index in [1.54, 1.807) is 4.90 Å². The maximum absolute atomic E-state index is 12.6. The molecule has 5 nitrogen and oxygen atoms in total. The predicted octanol–water partition coefficient (Wildman–Crippen LogP) is 1.70. The van der Waals surface area contributed by atoms with E-state index >= 15 is 0 Å². The largest absolute Gasteiger partial charge is 0.353 e. The van der Waals surface area contributed by atoms with Crippen LogP contribution in [0.5, 0.6) is 0 Å². The molecule has 2 fully saturated rings. The van der Waals surface area contributed by atoms with Crippen LogP contribution >= 0.6 is 0 Å². The molecule has 2 amide bonds. The number of carbonyl (C=O) groups excluding carboxylic acids is 2. The highest BCUT2D eigenvalue weighted by Crippen LogP contribution is 2.32. The average molecular weight is 289 g/mol. The van der Waals surface area contributed by atoms with Gasteiger partial charge in [-0.3, -0.25) is 9.59 Å². The monoisotopic (exact) mass is 289 g/mol. The highest BCUT2D eigenvalue weighted by atomic mass is 16.2. The number of piperidine rings is 1. The van der Waals surface area contributed by atoms with Gasteiger partial charge in [-0.05, 0) is 37.8 Å². The minimum Gasteiger partial charge on any atom is -0.353 e. The number of carbonyl (C=O) groups is 2. The number of hydrogen-bond acceptors (Lipinski definition) is 2. The van der Waals surface area contributed by atoms with Crippen molar-refractivity contribution >= 4 is 11.8 Å². The minimum absolute atomic E-state index is 0.0916. The molecule has 3 rings (SSSR count). The summed E-state index contributed by atoms with van der Waals surface area (Å²) in [5.74, 6) is 0.221. The van der Waals surface area contributed by atoms with Crippen molar-refractivity contribution in [1.82, 2.24) is 14.4 Å². The number of amides is 2. The van der Waals surface area contributed by atoms with Crippen LogP contribution in [0.3, 0.4) is 0 Å². The molecule has 1 aromatic rings. The van der Waals surface area contributed by atoms with Gasteiger partial charge in [-0.25, -0.2) is 0 Å². The Bertz CT molecular complexity index is 537. The van der Waals surface area contributed by atoms with E-state index in [1.807, 2.05) is 24.2 Å². The Labute approximate surface area is 125 Å². The van der Waals surface area contributed by atoms with Crippen LogP contribution in [0.25, 0.3) is 0 Å². The zero-order valence-corrected chi connectivity index (χ0v) is 12.6. The average Bonchev–Trinajstić information content (AvgIpc) is 3.09. The summed E-state index contributed by atoms with van der Waals surface area (Å²) in [5.41, 5.74) is 1.19. The Morgan fingerprint density at radius 2 is 2.14 bits per heavy atom. The first-order valence-corrected chi connectivity index (χ1v) is 7.85.